The molecule has 1 fully saturated rings. The fourth-order valence-electron chi connectivity index (χ4n) is 7.17. The number of hydrogen-bond donors (Lipinski definition) is 2. The Morgan fingerprint density at radius 3 is 2.55 bits per heavy atom. The molecular weight excluding hydrogens is 719 g/mol. The lowest BCUT2D eigenvalue weighted by Gasteiger charge is -2.33. The molecule has 0 bridgehead atoms. The largest absolute Gasteiger partial charge is 0.393 e. The third-order valence-corrected chi connectivity index (χ3v) is 14.6. The SMILES string of the molecule is C=CC(=O)Nc1ccc(CCn2c(C#N)cc3c(C)c(CN4CCC(Nc5ncnc6sc(CC(F)(F)F)cc56)CC4)ccc32)cc1P(=O)(CC)CC. The van der Waals surface area contributed by atoms with Gasteiger partial charge in [0, 0.05) is 65.6 Å². The van der Waals surface area contributed by atoms with Crippen LogP contribution in [-0.2, 0) is 35.3 Å². The monoisotopic (exact) mass is 761 g/mol. The van der Waals surface area contributed by atoms with Crippen molar-refractivity contribution >= 4 is 62.3 Å². The Morgan fingerprint density at radius 1 is 1.11 bits per heavy atom. The van der Waals surface area contributed by atoms with E-state index in [2.05, 4.69) is 57.2 Å². The molecule has 3 aromatic heterocycles. The number of anilines is 2. The zero-order chi connectivity index (χ0) is 37.9. The summed E-state index contributed by atoms with van der Waals surface area (Å²) in [7, 11) is -2.72. The molecule has 0 aliphatic carbocycles. The van der Waals surface area contributed by atoms with Gasteiger partial charge in [-0.3, -0.25) is 9.69 Å². The number of nitrogens with zero attached hydrogens (tertiary/aromatic N) is 5. The Hall–Kier alpha value is -4.50. The quantitative estimate of drug-likeness (QED) is 0.0915. The zero-order valence-electron chi connectivity index (χ0n) is 30.1. The molecule has 0 spiro atoms. The Morgan fingerprint density at radius 2 is 1.87 bits per heavy atom. The smallest absolute Gasteiger partial charge is 0.367 e. The zero-order valence-corrected chi connectivity index (χ0v) is 31.8. The summed E-state index contributed by atoms with van der Waals surface area (Å²) in [5, 5.41) is 18.7. The lowest BCUT2D eigenvalue weighted by molar-refractivity contribution is -0.126. The van der Waals surface area contributed by atoms with Crippen LogP contribution in [0.15, 0.2) is 61.4 Å². The van der Waals surface area contributed by atoms with Gasteiger partial charge in [0.2, 0.25) is 5.91 Å². The number of carbonyl (C=O) groups excluding carboxylic acids is 1. The first-order chi connectivity index (χ1) is 25.3. The van der Waals surface area contributed by atoms with Gasteiger partial charge in [0.05, 0.1) is 17.5 Å². The summed E-state index contributed by atoms with van der Waals surface area (Å²) in [6, 6.07) is 15.9. The summed E-state index contributed by atoms with van der Waals surface area (Å²) in [6.45, 7) is 12.5. The van der Waals surface area contributed by atoms with Gasteiger partial charge in [0.25, 0.3) is 0 Å². The number of halogens is 3. The van der Waals surface area contributed by atoms with E-state index < -0.39 is 19.7 Å². The molecule has 1 aliphatic rings. The maximum atomic E-state index is 13.8. The van der Waals surface area contributed by atoms with Gasteiger partial charge >= 0.3 is 6.18 Å². The highest BCUT2D eigenvalue weighted by Gasteiger charge is 2.30. The first-order valence-electron chi connectivity index (χ1n) is 17.8. The predicted molar refractivity (Wildman–Crippen MR) is 208 cm³/mol. The number of rotatable bonds is 13. The van der Waals surface area contributed by atoms with Gasteiger partial charge in [-0.05, 0) is 79.3 Å². The molecule has 0 unspecified atom stereocenters. The minimum absolute atomic E-state index is 0.139. The number of amides is 1. The molecule has 9 nitrogen and oxygen atoms in total. The second-order valence-corrected chi connectivity index (χ2v) is 18.2. The van der Waals surface area contributed by atoms with Crippen LogP contribution in [0.2, 0.25) is 0 Å². The van der Waals surface area contributed by atoms with Crippen molar-refractivity contribution in [3.63, 3.8) is 0 Å². The van der Waals surface area contributed by atoms with Crippen molar-refractivity contribution in [1.82, 2.24) is 19.4 Å². The number of aromatic nitrogens is 3. The highest BCUT2D eigenvalue weighted by Crippen LogP contribution is 2.46. The average Bonchev–Trinajstić information content (AvgIpc) is 3.73. The summed E-state index contributed by atoms with van der Waals surface area (Å²) in [6.07, 6.45) is 0.651. The number of piperidine rings is 1. The molecule has 4 heterocycles. The van der Waals surface area contributed by atoms with E-state index in [4.69, 9.17) is 0 Å². The molecule has 53 heavy (non-hydrogen) atoms. The van der Waals surface area contributed by atoms with E-state index in [0.29, 0.717) is 58.0 Å². The second kappa shape index (κ2) is 15.8. The summed E-state index contributed by atoms with van der Waals surface area (Å²) >= 11 is 1.05. The Kier molecular flexibility index (Phi) is 11.4. The Balaban J connectivity index is 1.13. The van der Waals surface area contributed by atoms with Crippen molar-refractivity contribution in [3.8, 4) is 6.07 Å². The molecule has 0 radical (unpaired) electrons. The number of alkyl halides is 3. The van der Waals surface area contributed by atoms with E-state index in [1.54, 1.807) is 6.07 Å². The number of thiophene rings is 1. The molecule has 2 aromatic carbocycles. The van der Waals surface area contributed by atoms with E-state index in [-0.39, 0.29) is 16.8 Å². The predicted octanol–water partition coefficient (Wildman–Crippen LogP) is 8.40. The van der Waals surface area contributed by atoms with Crippen molar-refractivity contribution < 1.29 is 22.5 Å². The molecule has 14 heteroatoms. The molecule has 278 valence electrons. The minimum atomic E-state index is -4.27. The highest BCUT2D eigenvalue weighted by molar-refractivity contribution is 7.71. The van der Waals surface area contributed by atoms with E-state index >= 15 is 0 Å². The number of fused-ring (bicyclic) bond motifs is 2. The van der Waals surface area contributed by atoms with Crippen molar-refractivity contribution in [3.05, 3.63) is 88.7 Å². The van der Waals surface area contributed by atoms with E-state index in [1.807, 2.05) is 42.7 Å². The van der Waals surface area contributed by atoms with Gasteiger partial charge in [-0.2, -0.15) is 18.4 Å². The van der Waals surface area contributed by atoms with Crippen LogP contribution in [-0.4, -0.2) is 63.0 Å². The van der Waals surface area contributed by atoms with Crippen LogP contribution in [0.5, 0.6) is 0 Å². The van der Waals surface area contributed by atoms with Crippen LogP contribution >= 0.6 is 18.5 Å². The lowest BCUT2D eigenvalue weighted by atomic mass is 10.0. The molecule has 5 aromatic rings. The normalized spacial score (nSPS) is 14.4. The second-order valence-electron chi connectivity index (χ2n) is 13.5. The number of nitrogens with one attached hydrogen (secondary N) is 2. The topological polar surface area (TPSA) is 116 Å². The van der Waals surface area contributed by atoms with Gasteiger partial charge in [-0.1, -0.05) is 32.6 Å². The van der Waals surface area contributed by atoms with Crippen LogP contribution in [0.25, 0.3) is 21.1 Å². The third kappa shape index (κ3) is 8.51. The van der Waals surface area contributed by atoms with Crippen LogP contribution in [0, 0.1) is 18.3 Å². The minimum Gasteiger partial charge on any atom is -0.367 e. The summed E-state index contributed by atoms with van der Waals surface area (Å²) < 4.78 is 54.8. The number of aryl methyl sites for hydroxylation is 3. The van der Waals surface area contributed by atoms with Crippen LogP contribution in [0.1, 0.15) is 54.0 Å². The van der Waals surface area contributed by atoms with Crippen molar-refractivity contribution in [2.75, 3.05) is 36.0 Å². The fourth-order valence-corrected chi connectivity index (χ4v) is 10.3. The van der Waals surface area contributed by atoms with Crippen molar-refractivity contribution in [2.45, 2.75) is 71.8 Å². The van der Waals surface area contributed by atoms with Crippen LogP contribution in [0.3, 0.4) is 0 Å². The van der Waals surface area contributed by atoms with E-state index in [1.165, 1.54) is 18.0 Å². The van der Waals surface area contributed by atoms with Gasteiger partial charge in [-0.15, -0.1) is 11.3 Å². The maximum absolute atomic E-state index is 13.8. The van der Waals surface area contributed by atoms with E-state index in [9.17, 15) is 27.8 Å². The first-order valence-corrected chi connectivity index (χ1v) is 20.7. The molecule has 0 saturated carbocycles. The molecule has 0 atom stereocenters. The van der Waals surface area contributed by atoms with Gasteiger partial charge < -0.3 is 19.8 Å². The summed E-state index contributed by atoms with van der Waals surface area (Å²) in [5.74, 6) is 0.227. The summed E-state index contributed by atoms with van der Waals surface area (Å²) in [4.78, 5) is 23.8. The molecule has 1 amide bonds. The lowest BCUT2D eigenvalue weighted by Crippen LogP contribution is -2.39. The molecular formula is C39H43F3N7O2PS. The number of likely N-dealkylation sites (tertiary alicyclic amines) is 1. The number of benzene rings is 2. The van der Waals surface area contributed by atoms with Crippen molar-refractivity contribution in [2.24, 2.45) is 0 Å². The molecule has 1 saturated heterocycles. The molecule has 2 N–H and O–H groups in total. The Labute approximate surface area is 311 Å². The van der Waals surface area contributed by atoms with Crippen LogP contribution < -0.4 is 15.9 Å². The average molecular weight is 762 g/mol. The van der Waals surface area contributed by atoms with Gasteiger partial charge in [0.15, 0.2) is 0 Å². The third-order valence-electron chi connectivity index (χ3n) is 10.2. The van der Waals surface area contributed by atoms with E-state index in [0.717, 1.165) is 65.8 Å². The van der Waals surface area contributed by atoms with Crippen LogP contribution in [0.4, 0.5) is 24.7 Å². The number of nitriles is 1. The fraction of sp³-hybridized carbons (Fsp3) is 0.385. The van der Waals surface area contributed by atoms with Gasteiger partial charge in [0.1, 0.15) is 35.9 Å². The standard InChI is InChI=1S/C39H43F3N7O2PS/c1-5-36(50)47-33-10-8-26(18-35(33)52(51,6-2)7-3)12-17-49-29(22-43)19-31-25(4)27(9-11-34(31)49)23-48-15-13-28(14-16-48)46-37-32-20-30(21-39(40,41)42)53-38(32)45-24-44-37/h5,8-11,18-20,24,28H,1,6-7,12-17,21,23H2,2-4H3,(H,47,50)(H,44,45,46). The maximum Gasteiger partial charge on any atom is 0.393 e. The summed E-state index contributed by atoms with van der Waals surface area (Å²) in [5.41, 5.74) is 5.40. The molecule has 6 rings (SSSR count). The first kappa shape index (κ1) is 38.2. The Bertz CT molecular complexity index is 2240. The number of carbonyl (C=O) groups is 1. The van der Waals surface area contributed by atoms with Gasteiger partial charge in [-0.25, -0.2) is 9.97 Å². The molecule has 1 aliphatic heterocycles. The highest BCUT2D eigenvalue weighted by atomic mass is 32.1. The van der Waals surface area contributed by atoms with Crippen molar-refractivity contribution in [1.29, 1.82) is 5.26 Å². The number of hydrogen-bond acceptors (Lipinski definition) is 8.